The SMILES string of the molecule is CCCCCC(OC1CC[C@@]2(C)C(=CC[C@H]3[C@@H]4CC[C@H]([C@H](C)CCCC(C)C)[C@@]4(C)CC[C@@H]32)C1)C(N)[C@H]1O[C@H]([S-])[C@@H](O)[C@@H](O)[C@@H]1O. The predicted molar refractivity (Wildman–Crippen MR) is 188 cm³/mol. The van der Waals surface area contributed by atoms with Crippen LogP contribution in [-0.2, 0) is 22.1 Å². The molecule has 5 aliphatic rings. The molecule has 0 aromatic rings. The molecule has 0 bridgehead atoms. The lowest BCUT2D eigenvalue weighted by Gasteiger charge is -2.58. The van der Waals surface area contributed by atoms with Crippen molar-refractivity contribution in [3.8, 4) is 0 Å². The van der Waals surface area contributed by atoms with Gasteiger partial charge in [0.25, 0.3) is 0 Å². The molecule has 0 radical (unpaired) electrons. The van der Waals surface area contributed by atoms with Crippen molar-refractivity contribution in [1.82, 2.24) is 0 Å². The second-order valence-electron chi connectivity index (χ2n) is 17.3. The maximum Gasteiger partial charge on any atom is 0.110 e. The Morgan fingerprint density at radius 1 is 0.935 bits per heavy atom. The lowest BCUT2D eigenvalue weighted by Crippen LogP contribution is -2.64. The summed E-state index contributed by atoms with van der Waals surface area (Å²) >= 11 is 5.25. The van der Waals surface area contributed by atoms with Crippen LogP contribution in [0.2, 0.25) is 0 Å². The van der Waals surface area contributed by atoms with Gasteiger partial charge in [-0.25, -0.2) is 0 Å². The van der Waals surface area contributed by atoms with Crippen molar-refractivity contribution in [1.29, 1.82) is 0 Å². The number of nitrogens with two attached hydrogens (primary N) is 1. The molecule has 5 rings (SSSR count). The van der Waals surface area contributed by atoms with Crippen molar-refractivity contribution in [3.63, 3.8) is 0 Å². The minimum atomic E-state index is -1.38. The van der Waals surface area contributed by atoms with Crippen LogP contribution in [0.15, 0.2) is 11.6 Å². The highest BCUT2D eigenvalue weighted by Gasteiger charge is 2.59. The largest absolute Gasteiger partial charge is 0.759 e. The fourth-order valence-corrected chi connectivity index (χ4v) is 11.7. The first-order valence-electron chi connectivity index (χ1n) is 19.3. The molecular weight excluding hydrogens is 594 g/mol. The van der Waals surface area contributed by atoms with E-state index in [1.54, 1.807) is 5.57 Å². The molecule has 5 N–H and O–H groups in total. The average molecular weight is 663 g/mol. The summed E-state index contributed by atoms with van der Waals surface area (Å²) in [5, 5.41) is 31.3. The second-order valence-corrected chi connectivity index (χ2v) is 17.8. The van der Waals surface area contributed by atoms with E-state index in [9.17, 15) is 15.3 Å². The first kappa shape index (κ1) is 37.1. The minimum absolute atomic E-state index is 0.0838. The van der Waals surface area contributed by atoms with E-state index in [1.165, 1.54) is 51.4 Å². The molecule has 15 atom stereocenters. The van der Waals surface area contributed by atoms with Gasteiger partial charge in [-0.05, 0) is 110 Å². The van der Waals surface area contributed by atoms with Crippen LogP contribution in [0.5, 0.6) is 0 Å². The van der Waals surface area contributed by atoms with Crippen LogP contribution in [0.4, 0.5) is 0 Å². The number of unbranched alkanes of at least 4 members (excludes halogenated alkanes) is 2. The molecule has 266 valence electrons. The predicted octanol–water partition coefficient (Wildman–Crippen LogP) is 7.04. The first-order valence-corrected chi connectivity index (χ1v) is 19.7. The number of fused-ring (bicyclic) bond motifs is 5. The van der Waals surface area contributed by atoms with Crippen LogP contribution in [0, 0.1) is 46.3 Å². The van der Waals surface area contributed by atoms with Gasteiger partial charge in [0.2, 0.25) is 0 Å². The zero-order valence-corrected chi connectivity index (χ0v) is 30.7. The van der Waals surface area contributed by atoms with Crippen molar-refractivity contribution in [2.75, 3.05) is 0 Å². The molecule has 7 heteroatoms. The summed E-state index contributed by atoms with van der Waals surface area (Å²) in [7, 11) is 0. The standard InChI is InChI=1S/C39H69NO5S/c1-7-8-9-13-31(32(40)36-34(42)33(41)35(43)37(46)45-36)44-26-18-20-38(5)25(22-26)14-15-27-29-17-16-28(24(4)12-10-11-23(2)3)39(29,6)21-19-30(27)38/h14,23-24,26-37,41-43,46H,7-13,15-22,40H2,1-6H3/p-1/t24-,26?,27+,28-,29+,30+,31?,32?,33+,34+,35+,36-,37-,38+,39-/m1/s1. The maximum absolute atomic E-state index is 10.8. The molecule has 46 heavy (non-hydrogen) atoms. The maximum atomic E-state index is 10.8. The summed E-state index contributed by atoms with van der Waals surface area (Å²) in [4.78, 5) is 0. The number of ether oxygens (including phenoxy) is 2. The highest BCUT2D eigenvalue weighted by atomic mass is 32.1. The van der Waals surface area contributed by atoms with Gasteiger partial charge in [-0.15, -0.1) is 0 Å². The van der Waals surface area contributed by atoms with Crippen molar-refractivity contribution in [2.45, 2.75) is 186 Å². The Morgan fingerprint density at radius 3 is 2.41 bits per heavy atom. The number of hydrogen-bond acceptors (Lipinski definition) is 7. The fourth-order valence-electron chi connectivity index (χ4n) is 11.4. The lowest BCUT2D eigenvalue weighted by molar-refractivity contribution is -0.213. The Balaban J connectivity index is 1.25. The van der Waals surface area contributed by atoms with Crippen LogP contribution in [0.25, 0.3) is 0 Å². The summed E-state index contributed by atoms with van der Waals surface area (Å²) in [6.07, 6.45) is 15.6. The smallest absolute Gasteiger partial charge is 0.110 e. The molecule has 1 aliphatic heterocycles. The Morgan fingerprint density at radius 2 is 1.70 bits per heavy atom. The van der Waals surface area contributed by atoms with Gasteiger partial charge in [-0.2, -0.15) is 0 Å². The number of aliphatic hydroxyl groups is 3. The Bertz CT molecular complexity index is 1020. The first-order chi connectivity index (χ1) is 21.8. The normalized spacial score (nSPS) is 44.6. The fraction of sp³-hybridized carbons (Fsp3) is 0.949. The number of rotatable bonds is 13. The van der Waals surface area contributed by atoms with E-state index in [1.807, 2.05) is 0 Å². The van der Waals surface area contributed by atoms with E-state index in [4.69, 9.17) is 27.8 Å². The zero-order valence-electron chi connectivity index (χ0n) is 29.9. The van der Waals surface area contributed by atoms with Gasteiger partial charge in [-0.3, -0.25) is 0 Å². The van der Waals surface area contributed by atoms with Gasteiger partial charge in [0, 0.05) is 0 Å². The van der Waals surface area contributed by atoms with Gasteiger partial charge in [0.1, 0.15) is 18.3 Å². The number of allylic oxidation sites excluding steroid dienone is 1. The summed E-state index contributed by atoms with van der Waals surface area (Å²) in [5.41, 5.74) is 8.11. The van der Waals surface area contributed by atoms with Gasteiger partial charge < -0.3 is 43.2 Å². The topological polar surface area (TPSA) is 105 Å². The van der Waals surface area contributed by atoms with Crippen LogP contribution in [0.1, 0.15) is 138 Å². The monoisotopic (exact) mass is 662 g/mol. The van der Waals surface area contributed by atoms with Crippen LogP contribution >= 0.6 is 0 Å². The molecule has 3 saturated carbocycles. The van der Waals surface area contributed by atoms with E-state index in [-0.39, 0.29) is 17.6 Å². The summed E-state index contributed by atoms with van der Waals surface area (Å²) in [6.45, 7) is 14.7. The molecule has 0 aromatic heterocycles. The van der Waals surface area contributed by atoms with Gasteiger partial charge in [0.05, 0.1) is 24.4 Å². The minimum Gasteiger partial charge on any atom is -0.759 e. The lowest BCUT2D eigenvalue weighted by atomic mass is 9.47. The van der Waals surface area contributed by atoms with Gasteiger partial charge >= 0.3 is 0 Å². The third-order valence-electron chi connectivity index (χ3n) is 14.1. The van der Waals surface area contributed by atoms with Gasteiger partial charge in [0.15, 0.2) is 0 Å². The molecular formula is C39H68NO5S-. The molecule has 4 fully saturated rings. The quantitative estimate of drug-likeness (QED) is 0.0953. The van der Waals surface area contributed by atoms with E-state index < -0.39 is 35.9 Å². The van der Waals surface area contributed by atoms with Crippen molar-refractivity contribution < 1.29 is 24.8 Å². The third kappa shape index (κ3) is 7.32. The van der Waals surface area contributed by atoms with Crippen molar-refractivity contribution in [3.05, 3.63) is 11.6 Å². The van der Waals surface area contributed by atoms with E-state index in [0.717, 1.165) is 80.5 Å². The van der Waals surface area contributed by atoms with E-state index >= 15 is 0 Å². The number of hydrogen-bond donors (Lipinski definition) is 4. The Hall–Kier alpha value is -0.150. The summed E-state index contributed by atoms with van der Waals surface area (Å²) < 4.78 is 12.7. The molecule has 3 unspecified atom stereocenters. The molecule has 0 spiro atoms. The Labute approximate surface area is 286 Å². The van der Waals surface area contributed by atoms with Crippen LogP contribution in [-0.4, -0.2) is 63.4 Å². The average Bonchev–Trinajstić information content (AvgIpc) is 3.38. The van der Waals surface area contributed by atoms with Crippen molar-refractivity contribution in [2.24, 2.45) is 52.1 Å². The molecule has 4 aliphatic carbocycles. The highest BCUT2D eigenvalue weighted by molar-refractivity contribution is 7.59. The second kappa shape index (κ2) is 15.4. The Kier molecular flexibility index (Phi) is 12.4. The molecule has 0 aromatic carbocycles. The molecule has 0 amide bonds. The van der Waals surface area contributed by atoms with E-state index in [2.05, 4.69) is 47.6 Å². The summed E-state index contributed by atoms with van der Waals surface area (Å²) in [6, 6.07) is -0.642. The van der Waals surface area contributed by atoms with E-state index in [0.29, 0.717) is 5.41 Å². The third-order valence-corrected chi connectivity index (χ3v) is 14.5. The van der Waals surface area contributed by atoms with Crippen LogP contribution < -0.4 is 5.73 Å². The summed E-state index contributed by atoms with van der Waals surface area (Å²) in [5.74, 6) is 4.97. The highest BCUT2D eigenvalue weighted by Crippen LogP contribution is 2.67. The zero-order chi connectivity index (χ0) is 33.4. The van der Waals surface area contributed by atoms with Crippen molar-refractivity contribution >= 4 is 12.6 Å². The van der Waals surface area contributed by atoms with Gasteiger partial charge in [-0.1, -0.05) is 91.7 Å². The molecule has 6 nitrogen and oxygen atoms in total. The number of aliphatic hydroxyl groups excluding tert-OH is 3. The molecule has 1 heterocycles. The van der Waals surface area contributed by atoms with Crippen LogP contribution in [0.3, 0.4) is 0 Å². The molecule has 1 saturated heterocycles.